The molecule has 94 valence electrons. The Morgan fingerprint density at radius 1 is 1.24 bits per heavy atom. The Morgan fingerprint density at radius 2 is 1.82 bits per heavy atom. The van der Waals surface area contributed by atoms with Crippen LogP contribution in [-0.4, -0.2) is 31.3 Å². The van der Waals surface area contributed by atoms with E-state index in [-0.39, 0.29) is 13.2 Å². The second kappa shape index (κ2) is 6.69. The first-order valence-electron chi connectivity index (χ1n) is 4.78. The second-order valence-corrected chi connectivity index (χ2v) is 3.83. The van der Waals surface area contributed by atoms with E-state index in [1.165, 1.54) is 25.4 Å². The number of rotatable bonds is 4. The molecule has 0 aromatic carbocycles. The Bertz CT molecular complexity index is 359. The van der Waals surface area contributed by atoms with Crippen LogP contribution in [0.4, 0.5) is 9.59 Å². The number of hydrogen-bond acceptors (Lipinski definition) is 6. The highest BCUT2D eigenvalue weighted by Gasteiger charge is 2.06. The van der Waals surface area contributed by atoms with Crippen LogP contribution in [0.25, 0.3) is 0 Å². The Labute approximate surface area is 102 Å². The van der Waals surface area contributed by atoms with Gasteiger partial charge in [-0.2, -0.15) is 0 Å². The SMILES string of the molecule is CNC(=O)OCc1csc(COC(=O)NC)n1. The Balaban J connectivity index is 2.37. The molecule has 0 bridgehead atoms. The van der Waals surface area contributed by atoms with Crippen LogP contribution in [0.5, 0.6) is 0 Å². The second-order valence-electron chi connectivity index (χ2n) is 2.88. The minimum atomic E-state index is -0.513. The predicted molar refractivity (Wildman–Crippen MR) is 60.6 cm³/mol. The molecule has 0 saturated carbocycles. The van der Waals surface area contributed by atoms with Crippen molar-refractivity contribution >= 4 is 23.5 Å². The number of alkyl carbamates (subject to hydrolysis) is 2. The van der Waals surface area contributed by atoms with Crippen LogP contribution in [0.3, 0.4) is 0 Å². The number of carbonyl (C=O) groups excluding carboxylic acids is 2. The maximum Gasteiger partial charge on any atom is 0.407 e. The molecule has 0 saturated heterocycles. The van der Waals surface area contributed by atoms with E-state index in [4.69, 9.17) is 9.47 Å². The molecule has 17 heavy (non-hydrogen) atoms. The number of aromatic nitrogens is 1. The number of amides is 2. The van der Waals surface area contributed by atoms with Gasteiger partial charge in [-0.1, -0.05) is 0 Å². The molecule has 0 aliphatic rings. The van der Waals surface area contributed by atoms with Crippen molar-refractivity contribution in [2.45, 2.75) is 13.2 Å². The highest BCUT2D eigenvalue weighted by Crippen LogP contribution is 2.11. The van der Waals surface area contributed by atoms with Crippen molar-refractivity contribution in [2.24, 2.45) is 0 Å². The van der Waals surface area contributed by atoms with E-state index in [9.17, 15) is 9.59 Å². The van der Waals surface area contributed by atoms with Gasteiger partial charge in [0.05, 0.1) is 5.69 Å². The van der Waals surface area contributed by atoms with Crippen LogP contribution >= 0.6 is 11.3 Å². The summed E-state index contributed by atoms with van der Waals surface area (Å²) in [7, 11) is 2.96. The molecule has 0 radical (unpaired) electrons. The van der Waals surface area contributed by atoms with Crippen molar-refractivity contribution < 1.29 is 19.1 Å². The van der Waals surface area contributed by atoms with Gasteiger partial charge >= 0.3 is 12.2 Å². The summed E-state index contributed by atoms with van der Waals surface area (Å²) in [6.07, 6.45) is -1.02. The quantitative estimate of drug-likeness (QED) is 0.836. The fraction of sp³-hybridized carbons (Fsp3) is 0.444. The lowest BCUT2D eigenvalue weighted by molar-refractivity contribution is 0.139. The molecule has 0 fully saturated rings. The third-order valence-corrected chi connectivity index (χ3v) is 2.56. The lowest BCUT2D eigenvalue weighted by atomic mass is 10.5. The fourth-order valence-electron chi connectivity index (χ4n) is 0.893. The Kier molecular flexibility index (Phi) is 5.21. The summed E-state index contributed by atoms with van der Waals surface area (Å²) < 4.78 is 9.63. The number of hydrogen-bond donors (Lipinski definition) is 2. The van der Waals surface area contributed by atoms with Gasteiger partial charge in [0.1, 0.15) is 18.2 Å². The molecule has 1 aromatic heterocycles. The summed E-state index contributed by atoms with van der Waals surface area (Å²) in [6, 6.07) is 0. The number of carbonyl (C=O) groups is 2. The molecule has 2 N–H and O–H groups in total. The van der Waals surface area contributed by atoms with Gasteiger partial charge in [0, 0.05) is 19.5 Å². The third kappa shape index (κ3) is 4.68. The van der Waals surface area contributed by atoms with Gasteiger partial charge in [0.25, 0.3) is 0 Å². The molecule has 7 nitrogen and oxygen atoms in total. The topological polar surface area (TPSA) is 89.5 Å². The molecule has 0 spiro atoms. The summed E-state index contributed by atoms with van der Waals surface area (Å²) in [5.41, 5.74) is 0.620. The first-order chi connectivity index (χ1) is 8.15. The standard InChI is InChI=1S/C9H13N3O4S/c1-10-8(13)15-3-6-5-17-7(12-6)4-16-9(14)11-2/h5H,3-4H2,1-2H3,(H,10,13)(H,11,14). The van der Waals surface area contributed by atoms with Gasteiger partial charge in [0.2, 0.25) is 0 Å². The van der Waals surface area contributed by atoms with Crippen molar-refractivity contribution in [1.82, 2.24) is 15.6 Å². The number of nitrogens with one attached hydrogen (secondary N) is 2. The van der Waals surface area contributed by atoms with Crippen molar-refractivity contribution in [3.63, 3.8) is 0 Å². The molecule has 0 atom stereocenters. The number of thiazole rings is 1. The van der Waals surface area contributed by atoms with Crippen LogP contribution < -0.4 is 10.6 Å². The van der Waals surface area contributed by atoms with Gasteiger partial charge in [-0.05, 0) is 0 Å². The molecule has 1 aromatic rings. The van der Waals surface area contributed by atoms with E-state index in [0.29, 0.717) is 10.7 Å². The van der Waals surface area contributed by atoms with Crippen LogP contribution in [0.1, 0.15) is 10.7 Å². The minimum Gasteiger partial charge on any atom is -0.443 e. The number of ether oxygens (including phenoxy) is 2. The molecule has 1 heterocycles. The molecule has 1 rings (SSSR count). The monoisotopic (exact) mass is 259 g/mol. The van der Waals surface area contributed by atoms with Gasteiger partial charge in [-0.25, -0.2) is 14.6 Å². The lowest BCUT2D eigenvalue weighted by Crippen LogP contribution is -2.19. The van der Waals surface area contributed by atoms with Crippen molar-refractivity contribution in [1.29, 1.82) is 0 Å². The molecular formula is C9H13N3O4S. The van der Waals surface area contributed by atoms with E-state index in [1.807, 2.05) is 0 Å². The normalized spacial score (nSPS) is 9.53. The zero-order chi connectivity index (χ0) is 12.7. The van der Waals surface area contributed by atoms with Crippen LogP contribution in [0, 0.1) is 0 Å². The van der Waals surface area contributed by atoms with E-state index in [0.717, 1.165) is 0 Å². The molecule has 8 heteroatoms. The predicted octanol–water partition coefficient (Wildman–Crippen LogP) is 0.855. The fourth-order valence-corrected chi connectivity index (χ4v) is 1.58. The van der Waals surface area contributed by atoms with Crippen LogP contribution in [0.15, 0.2) is 5.38 Å². The van der Waals surface area contributed by atoms with Gasteiger partial charge < -0.3 is 20.1 Å². The van der Waals surface area contributed by atoms with E-state index in [1.54, 1.807) is 5.38 Å². The highest BCUT2D eigenvalue weighted by atomic mass is 32.1. The summed E-state index contributed by atoms with van der Waals surface area (Å²) in [5.74, 6) is 0. The molecule has 0 aliphatic heterocycles. The van der Waals surface area contributed by atoms with Crippen LogP contribution in [-0.2, 0) is 22.7 Å². The summed E-state index contributed by atoms with van der Waals surface area (Å²) in [4.78, 5) is 25.8. The average Bonchev–Trinajstić information content (AvgIpc) is 2.80. The molecule has 0 aliphatic carbocycles. The summed E-state index contributed by atoms with van der Waals surface area (Å²) in [6.45, 7) is 0.195. The molecule has 0 unspecified atom stereocenters. The van der Waals surface area contributed by atoms with Crippen molar-refractivity contribution in [3.8, 4) is 0 Å². The van der Waals surface area contributed by atoms with Gasteiger partial charge in [-0.3, -0.25) is 0 Å². The van der Waals surface area contributed by atoms with E-state index < -0.39 is 12.2 Å². The lowest BCUT2D eigenvalue weighted by Gasteiger charge is -2.01. The average molecular weight is 259 g/mol. The molecular weight excluding hydrogens is 246 g/mol. The van der Waals surface area contributed by atoms with Gasteiger partial charge in [-0.15, -0.1) is 11.3 Å². The smallest absolute Gasteiger partial charge is 0.407 e. The maximum atomic E-state index is 10.8. The maximum absolute atomic E-state index is 10.8. The zero-order valence-corrected chi connectivity index (χ0v) is 10.3. The zero-order valence-electron chi connectivity index (χ0n) is 9.48. The first kappa shape index (κ1) is 13.2. The Hall–Kier alpha value is -1.83. The summed E-state index contributed by atoms with van der Waals surface area (Å²) in [5, 5.41) is 7.04. The van der Waals surface area contributed by atoms with E-state index >= 15 is 0 Å². The highest BCUT2D eigenvalue weighted by molar-refractivity contribution is 7.09. The largest absolute Gasteiger partial charge is 0.443 e. The molecule has 2 amide bonds. The van der Waals surface area contributed by atoms with Crippen molar-refractivity contribution in [3.05, 3.63) is 16.1 Å². The third-order valence-electron chi connectivity index (χ3n) is 1.69. The van der Waals surface area contributed by atoms with Crippen molar-refractivity contribution in [2.75, 3.05) is 14.1 Å². The van der Waals surface area contributed by atoms with E-state index in [2.05, 4.69) is 15.6 Å². The first-order valence-corrected chi connectivity index (χ1v) is 5.66. The Morgan fingerprint density at radius 3 is 2.41 bits per heavy atom. The van der Waals surface area contributed by atoms with Gasteiger partial charge in [0.15, 0.2) is 0 Å². The summed E-state index contributed by atoms with van der Waals surface area (Å²) >= 11 is 1.33. The van der Waals surface area contributed by atoms with Crippen LogP contribution in [0.2, 0.25) is 0 Å². The number of nitrogens with zero attached hydrogens (tertiary/aromatic N) is 1. The minimum absolute atomic E-state index is 0.0934.